The molecule has 0 radical (unpaired) electrons. The molecule has 0 aliphatic heterocycles. The SMILES string of the molecule is c1ccc2c(c1)cc(-c1c3cc4c5ccccc5c5cccc(c3c(-c3cc6ccccc6c6ccccc36)c3c6cccc7cccc(c13)c76)c54)c1ccccc12. The second-order valence-corrected chi connectivity index (χ2v) is 16.2. The summed E-state index contributed by atoms with van der Waals surface area (Å²) in [5, 5.41) is 28.7. The van der Waals surface area contributed by atoms with Gasteiger partial charge < -0.3 is 0 Å². The Balaban J connectivity index is 1.36. The monoisotopic (exact) mass is 728 g/mol. The highest BCUT2D eigenvalue weighted by atomic mass is 14.3. The first-order chi connectivity index (χ1) is 28.8. The molecule has 0 aromatic heterocycles. The van der Waals surface area contributed by atoms with Crippen LogP contribution in [0.5, 0.6) is 0 Å². The summed E-state index contributed by atoms with van der Waals surface area (Å²) in [7, 11) is 0. The van der Waals surface area contributed by atoms with Gasteiger partial charge in [-0.3, -0.25) is 0 Å². The molecule has 0 fully saturated rings. The van der Waals surface area contributed by atoms with Crippen molar-refractivity contribution in [2.24, 2.45) is 0 Å². The van der Waals surface area contributed by atoms with Crippen LogP contribution in [0.25, 0.3) is 141 Å². The first-order valence-electron chi connectivity index (χ1n) is 20.4. The maximum atomic E-state index is 2.57. The molecule has 0 aliphatic rings. The van der Waals surface area contributed by atoms with E-state index in [1.807, 2.05) is 0 Å². The lowest BCUT2D eigenvalue weighted by Crippen LogP contribution is -1.94. The van der Waals surface area contributed by atoms with E-state index in [-0.39, 0.29) is 0 Å². The van der Waals surface area contributed by atoms with Crippen molar-refractivity contribution in [2.75, 3.05) is 0 Å². The molecule has 14 rings (SSSR count). The van der Waals surface area contributed by atoms with Gasteiger partial charge in [0.05, 0.1) is 0 Å². The Kier molecular flexibility index (Phi) is 5.85. The molecule has 0 saturated heterocycles. The van der Waals surface area contributed by atoms with Crippen LogP contribution in [0.2, 0.25) is 0 Å². The molecule has 0 nitrogen and oxygen atoms in total. The van der Waals surface area contributed by atoms with Gasteiger partial charge in [-0.1, -0.05) is 176 Å². The van der Waals surface area contributed by atoms with E-state index in [1.165, 1.54) is 141 Å². The van der Waals surface area contributed by atoms with Gasteiger partial charge in [0.15, 0.2) is 0 Å². The smallest absolute Gasteiger partial charge is 0.000696 e. The zero-order valence-electron chi connectivity index (χ0n) is 31.5. The largest absolute Gasteiger partial charge is 0.0616 e. The molecule has 0 N–H and O–H groups in total. The average Bonchev–Trinajstić information content (AvgIpc) is 3.79. The normalized spacial score (nSPS) is 12.5. The van der Waals surface area contributed by atoms with E-state index in [0.29, 0.717) is 0 Å². The second-order valence-electron chi connectivity index (χ2n) is 16.2. The van der Waals surface area contributed by atoms with E-state index in [4.69, 9.17) is 0 Å². The fraction of sp³-hybridized carbons (Fsp3) is 0. The van der Waals surface area contributed by atoms with Crippen LogP contribution in [-0.4, -0.2) is 0 Å². The van der Waals surface area contributed by atoms with Crippen LogP contribution in [0.15, 0.2) is 194 Å². The minimum Gasteiger partial charge on any atom is -0.0616 e. The van der Waals surface area contributed by atoms with Crippen LogP contribution in [-0.2, 0) is 0 Å². The summed E-state index contributed by atoms with van der Waals surface area (Å²) in [6.45, 7) is 0. The first kappa shape index (κ1) is 30.7. The molecule has 58 heavy (non-hydrogen) atoms. The Hall–Kier alpha value is -7.54. The van der Waals surface area contributed by atoms with E-state index < -0.39 is 0 Å². The Bertz CT molecular complexity index is 4070. The summed E-state index contributed by atoms with van der Waals surface area (Å²) in [6, 6.07) is 73.4. The van der Waals surface area contributed by atoms with E-state index in [1.54, 1.807) is 0 Å². The fourth-order valence-electron chi connectivity index (χ4n) is 11.2. The molecule has 0 bridgehead atoms. The molecule has 14 aromatic rings. The molecular weight excluding hydrogens is 697 g/mol. The molecule has 0 heterocycles. The Morgan fingerprint density at radius 3 is 1.14 bits per heavy atom. The summed E-state index contributed by atoms with van der Waals surface area (Å²) < 4.78 is 0. The first-order valence-corrected chi connectivity index (χ1v) is 20.4. The lowest BCUT2D eigenvalue weighted by atomic mass is 9.81. The number of rotatable bonds is 2. The number of hydrogen-bond acceptors (Lipinski definition) is 0. The van der Waals surface area contributed by atoms with Crippen molar-refractivity contribution in [3.63, 3.8) is 0 Å². The van der Waals surface area contributed by atoms with Crippen LogP contribution >= 0.6 is 0 Å². The van der Waals surface area contributed by atoms with E-state index in [9.17, 15) is 0 Å². The third-order valence-corrected chi connectivity index (χ3v) is 13.5. The zero-order chi connectivity index (χ0) is 37.6. The number of benzene rings is 12. The van der Waals surface area contributed by atoms with Gasteiger partial charge in [0.25, 0.3) is 0 Å². The lowest BCUT2D eigenvalue weighted by molar-refractivity contribution is 1.74. The maximum absolute atomic E-state index is 2.57. The van der Waals surface area contributed by atoms with Gasteiger partial charge in [0, 0.05) is 0 Å². The van der Waals surface area contributed by atoms with Crippen molar-refractivity contribution in [1.82, 2.24) is 0 Å². The second kappa shape index (κ2) is 11.1. The third kappa shape index (κ3) is 3.80. The van der Waals surface area contributed by atoms with Gasteiger partial charge in [0.2, 0.25) is 0 Å². The van der Waals surface area contributed by atoms with E-state index in [2.05, 4.69) is 194 Å². The molecule has 264 valence electrons. The van der Waals surface area contributed by atoms with Crippen molar-refractivity contribution in [3.8, 4) is 22.3 Å². The minimum atomic E-state index is 1.26. The minimum absolute atomic E-state index is 1.26. The fourth-order valence-corrected chi connectivity index (χ4v) is 11.2. The zero-order valence-corrected chi connectivity index (χ0v) is 31.5. The van der Waals surface area contributed by atoms with Gasteiger partial charge in [-0.25, -0.2) is 0 Å². The van der Waals surface area contributed by atoms with Crippen LogP contribution in [0, 0.1) is 0 Å². The van der Waals surface area contributed by atoms with Gasteiger partial charge in [0.1, 0.15) is 0 Å². The van der Waals surface area contributed by atoms with E-state index >= 15 is 0 Å². The quantitative estimate of drug-likeness (QED) is 0.156. The third-order valence-electron chi connectivity index (χ3n) is 13.5. The predicted octanol–water partition coefficient (Wildman–Crippen LogP) is 16.6. The van der Waals surface area contributed by atoms with Crippen LogP contribution in [0.1, 0.15) is 0 Å². The summed E-state index contributed by atoms with van der Waals surface area (Å²) in [6.07, 6.45) is 0. The maximum Gasteiger partial charge on any atom is -0.000696 e. The molecule has 0 unspecified atom stereocenters. The van der Waals surface area contributed by atoms with Crippen LogP contribution in [0.3, 0.4) is 0 Å². The molecule has 0 spiro atoms. The van der Waals surface area contributed by atoms with Crippen molar-refractivity contribution in [1.29, 1.82) is 0 Å². The topological polar surface area (TPSA) is 0 Å². The van der Waals surface area contributed by atoms with Crippen molar-refractivity contribution < 1.29 is 0 Å². The molecule has 0 atom stereocenters. The molecule has 0 aliphatic carbocycles. The predicted molar refractivity (Wildman–Crippen MR) is 252 cm³/mol. The molecule has 0 amide bonds. The van der Waals surface area contributed by atoms with Gasteiger partial charge in [-0.2, -0.15) is 0 Å². The number of hydrogen-bond donors (Lipinski definition) is 0. The van der Waals surface area contributed by atoms with Crippen LogP contribution in [0.4, 0.5) is 0 Å². The molecule has 0 heteroatoms. The summed E-state index contributed by atoms with van der Waals surface area (Å²) in [5.41, 5.74) is 5.21. The van der Waals surface area contributed by atoms with Crippen LogP contribution < -0.4 is 0 Å². The van der Waals surface area contributed by atoms with Crippen molar-refractivity contribution >= 4 is 118 Å². The standard InChI is InChI=1S/C58H32/c1-3-18-36-34(14-1)30-48(41-23-8-5-20-38(36)41)55-51-32-50-43-25-10-7-22-40(43)44-26-13-29-47(53(44)50)54(51)58(57-46-28-12-17-33-16-11-27-45(52(33)46)56(55)57)49-31-35-15-2-4-19-37(35)39-21-6-9-24-42(39)49/h1-32H. The molecular formula is C58H32. The Labute approximate surface area is 333 Å². The average molecular weight is 729 g/mol. The summed E-state index contributed by atoms with van der Waals surface area (Å²) in [4.78, 5) is 0. The molecule has 14 aromatic carbocycles. The summed E-state index contributed by atoms with van der Waals surface area (Å²) >= 11 is 0. The Morgan fingerprint density at radius 2 is 0.552 bits per heavy atom. The van der Waals surface area contributed by atoms with Gasteiger partial charge >= 0.3 is 0 Å². The van der Waals surface area contributed by atoms with Crippen molar-refractivity contribution in [2.45, 2.75) is 0 Å². The van der Waals surface area contributed by atoms with Gasteiger partial charge in [-0.05, 0) is 159 Å². The lowest BCUT2D eigenvalue weighted by Gasteiger charge is -2.22. The van der Waals surface area contributed by atoms with Crippen molar-refractivity contribution in [3.05, 3.63) is 194 Å². The highest BCUT2D eigenvalue weighted by molar-refractivity contribution is 6.46. The Morgan fingerprint density at radius 1 is 0.172 bits per heavy atom. The number of fused-ring (bicyclic) bond motifs is 14. The molecule has 0 saturated carbocycles. The highest BCUT2D eigenvalue weighted by Crippen LogP contribution is 2.56. The summed E-state index contributed by atoms with van der Waals surface area (Å²) in [5.74, 6) is 0. The highest BCUT2D eigenvalue weighted by Gasteiger charge is 2.28. The van der Waals surface area contributed by atoms with Gasteiger partial charge in [-0.15, -0.1) is 0 Å². The van der Waals surface area contributed by atoms with E-state index in [0.717, 1.165) is 0 Å².